The molecular formula is C18H24FN5OS. The Kier molecular flexibility index (Phi) is 6.26. The molecule has 3 rings (SSSR count). The number of carbonyl (C=O) groups is 1. The van der Waals surface area contributed by atoms with E-state index < -0.39 is 0 Å². The fourth-order valence-corrected chi connectivity index (χ4v) is 3.53. The van der Waals surface area contributed by atoms with Crippen LogP contribution < -0.4 is 0 Å². The van der Waals surface area contributed by atoms with E-state index in [2.05, 4.69) is 20.1 Å². The van der Waals surface area contributed by atoms with Crippen molar-refractivity contribution in [2.24, 2.45) is 0 Å². The number of aromatic nitrogens is 3. The maximum atomic E-state index is 13.8. The van der Waals surface area contributed by atoms with Crippen LogP contribution in [0.3, 0.4) is 0 Å². The number of nitrogens with one attached hydrogen (secondary N) is 1. The van der Waals surface area contributed by atoms with Gasteiger partial charge in [0.25, 0.3) is 0 Å². The number of benzene rings is 1. The van der Waals surface area contributed by atoms with Gasteiger partial charge in [0.2, 0.25) is 11.1 Å². The van der Waals surface area contributed by atoms with Gasteiger partial charge in [-0.1, -0.05) is 43.8 Å². The van der Waals surface area contributed by atoms with Gasteiger partial charge in [0.1, 0.15) is 11.6 Å². The molecule has 0 saturated carbocycles. The van der Waals surface area contributed by atoms with Crippen molar-refractivity contribution in [1.29, 1.82) is 0 Å². The van der Waals surface area contributed by atoms with E-state index in [0.29, 0.717) is 36.1 Å². The average Bonchev–Trinajstić information content (AvgIpc) is 3.12. The lowest BCUT2D eigenvalue weighted by molar-refractivity contribution is -0.130. The summed E-state index contributed by atoms with van der Waals surface area (Å²) in [6.07, 6.45) is 0. The predicted octanol–water partition coefficient (Wildman–Crippen LogP) is 2.50. The van der Waals surface area contributed by atoms with E-state index in [4.69, 9.17) is 0 Å². The minimum atomic E-state index is -0.172. The molecule has 0 bridgehead atoms. The molecule has 1 aromatic heterocycles. The van der Waals surface area contributed by atoms with E-state index in [1.807, 2.05) is 30.9 Å². The Labute approximate surface area is 157 Å². The van der Waals surface area contributed by atoms with Gasteiger partial charge in [0.05, 0.1) is 5.75 Å². The molecule has 0 atom stereocenters. The maximum absolute atomic E-state index is 13.8. The molecule has 26 heavy (non-hydrogen) atoms. The number of rotatable bonds is 6. The van der Waals surface area contributed by atoms with Crippen LogP contribution in [0.15, 0.2) is 29.4 Å². The van der Waals surface area contributed by atoms with Gasteiger partial charge in [0, 0.05) is 44.2 Å². The number of hydrogen-bond donors (Lipinski definition) is 1. The summed E-state index contributed by atoms with van der Waals surface area (Å²) in [5.74, 6) is 1.38. The molecule has 2 heterocycles. The molecule has 1 N–H and O–H groups in total. The summed E-state index contributed by atoms with van der Waals surface area (Å²) >= 11 is 1.36. The molecular weight excluding hydrogens is 353 g/mol. The quantitative estimate of drug-likeness (QED) is 0.784. The van der Waals surface area contributed by atoms with E-state index in [1.54, 1.807) is 6.07 Å². The van der Waals surface area contributed by atoms with Crippen molar-refractivity contribution in [3.05, 3.63) is 41.5 Å². The number of piperazine rings is 1. The zero-order valence-corrected chi connectivity index (χ0v) is 15.9. The lowest BCUT2D eigenvalue weighted by Crippen LogP contribution is -2.48. The third kappa shape index (κ3) is 4.82. The Morgan fingerprint density at radius 2 is 2.00 bits per heavy atom. The highest BCUT2D eigenvalue weighted by Crippen LogP contribution is 2.17. The Morgan fingerprint density at radius 1 is 1.27 bits per heavy atom. The van der Waals surface area contributed by atoms with Crippen molar-refractivity contribution in [3.8, 4) is 0 Å². The summed E-state index contributed by atoms with van der Waals surface area (Å²) in [4.78, 5) is 20.8. The highest BCUT2D eigenvalue weighted by Gasteiger charge is 2.22. The van der Waals surface area contributed by atoms with E-state index in [0.717, 1.165) is 18.9 Å². The summed E-state index contributed by atoms with van der Waals surface area (Å²) in [5.41, 5.74) is 0.702. The predicted molar refractivity (Wildman–Crippen MR) is 99.5 cm³/mol. The molecule has 2 aromatic rings. The van der Waals surface area contributed by atoms with E-state index in [9.17, 15) is 9.18 Å². The molecule has 8 heteroatoms. The van der Waals surface area contributed by atoms with Crippen molar-refractivity contribution in [1.82, 2.24) is 25.0 Å². The van der Waals surface area contributed by atoms with Gasteiger partial charge >= 0.3 is 0 Å². The molecule has 0 spiro atoms. The number of H-pyrrole nitrogens is 1. The largest absolute Gasteiger partial charge is 0.339 e. The second-order valence-corrected chi connectivity index (χ2v) is 7.64. The highest BCUT2D eigenvalue weighted by molar-refractivity contribution is 7.99. The summed E-state index contributed by atoms with van der Waals surface area (Å²) in [6.45, 7) is 7.50. The van der Waals surface area contributed by atoms with E-state index in [1.165, 1.54) is 17.8 Å². The van der Waals surface area contributed by atoms with Crippen LogP contribution in [0, 0.1) is 5.82 Å². The number of halogens is 1. The first-order chi connectivity index (χ1) is 12.5. The lowest BCUT2D eigenvalue weighted by atomic mass is 10.2. The maximum Gasteiger partial charge on any atom is 0.233 e. The van der Waals surface area contributed by atoms with E-state index >= 15 is 0 Å². The van der Waals surface area contributed by atoms with Crippen molar-refractivity contribution < 1.29 is 9.18 Å². The number of thioether (sulfide) groups is 1. The first-order valence-corrected chi connectivity index (χ1v) is 9.80. The van der Waals surface area contributed by atoms with Crippen molar-refractivity contribution in [3.63, 3.8) is 0 Å². The zero-order valence-electron chi connectivity index (χ0n) is 15.1. The minimum absolute atomic E-state index is 0.0939. The monoisotopic (exact) mass is 377 g/mol. The molecule has 1 amide bonds. The minimum Gasteiger partial charge on any atom is -0.339 e. The van der Waals surface area contributed by atoms with Crippen LogP contribution in [0.5, 0.6) is 0 Å². The van der Waals surface area contributed by atoms with Gasteiger partial charge in [-0.3, -0.25) is 14.8 Å². The van der Waals surface area contributed by atoms with Crippen LogP contribution in [0.4, 0.5) is 4.39 Å². The fourth-order valence-electron chi connectivity index (χ4n) is 2.82. The number of nitrogens with zero attached hydrogens (tertiary/aromatic N) is 4. The molecule has 1 aliphatic heterocycles. The van der Waals surface area contributed by atoms with Gasteiger partial charge in [0.15, 0.2) is 0 Å². The fraction of sp³-hybridized carbons (Fsp3) is 0.500. The standard InChI is InChI=1S/C18H24FN5OS/c1-13(2)17-20-18(22-21-17)26-12-16(25)24-9-7-23(8-10-24)11-14-5-3-4-6-15(14)19/h3-6,13H,7-12H2,1-2H3,(H,20,21,22). The Balaban J connectivity index is 1.43. The first kappa shape index (κ1) is 18.8. The molecule has 0 radical (unpaired) electrons. The molecule has 0 aliphatic carbocycles. The molecule has 140 valence electrons. The zero-order chi connectivity index (χ0) is 18.5. The number of aromatic amines is 1. The van der Waals surface area contributed by atoms with Crippen molar-refractivity contribution in [2.75, 3.05) is 31.9 Å². The Hall–Kier alpha value is -1.93. The molecule has 1 aliphatic rings. The van der Waals surface area contributed by atoms with Crippen molar-refractivity contribution in [2.45, 2.75) is 31.5 Å². The second kappa shape index (κ2) is 8.64. The summed E-state index contributed by atoms with van der Waals surface area (Å²) in [6, 6.07) is 6.85. The third-order valence-electron chi connectivity index (χ3n) is 4.43. The van der Waals surface area contributed by atoms with Gasteiger partial charge in [-0.05, 0) is 6.07 Å². The topological polar surface area (TPSA) is 65.1 Å². The van der Waals surface area contributed by atoms with Crippen LogP contribution in [0.25, 0.3) is 0 Å². The molecule has 1 aromatic carbocycles. The lowest BCUT2D eigenvalue weighted by Gasteiger charge is -2.34. The number of carbonyl (C=O) groups excluding carboxylic acids is 1. The van der Waals surface area contributed by atoms with Crippen LogP contribution in [0.1, 0.15) is 31.2 Å². The van der Waals surface area contributed by atoms with Gasteiger partial charge < -0.3 is 4.90 Å². The molecule has 1 fully saturated rings. The van der Waals surface area contributed by atoms with Crippen LogP contribution in [-0.4, -0.2) is 62.8 Å². The summed E-state index contributed by atoms with van der Waals surface area (Å²) < 4.78 is 13.8. The van der Waals surface area contributed by atoms with E-state index in [-0.39, 0.29) is 17.6 Å². The molecule has 0 unspecified atom stereocenters. The SMILES string of the molecule is CC(C)c1nc(SCC(=O)N2CCN(Cc3ccccc3F)CC2)n[nH]1. The third-order valence-corrected chi connectivity index (χ3v) is 5.26. The smallest absolute Gasteiger partial charge is 0.233 e. The summed E-state index contributed by atoms with van der Waals surface area (Å²) in [7, 11) is 0. The Bertz CT molecular complexity index is 743. The normalized spacial score (nSPS) is 15.6. The van der Waals surface area contributed by atoms with Crippen LogP contribution in [-0.2, 0) is 11.3 Å². The Morgan fingerprint density at radius 3 is 2.65 bits per heavy atom. The van der Waals surface area contributed by atoms with Gasteiger partial charge in [-0.25, -0.2) is 9.37 Å². The van der Waals surface area contributed by atoms with Crippen LogP contribution in [0.2, 0.25) is 0 Å². The van der Waals surface area contributed by atoms with Gasteiger partial charge in [-0.2, -0.15) is 0 Å². The average molecular weight is 377 g/mol. The second-order valence-electron chi connectivity index (χ2n) is 6.69. The molecule has 6 nitrogen and oxygen atoms in total. The highest BCUT2D eigenvalue weighted by atomic mass is 32.2. The summed E-state index contributed by atoms with van der Waals surface area (Å²) in [5, 5.41) is 7.64. The van der Waals surface area contributed by atoms with Gasteiger partial charge in [-0.15, -0.1) is 5.10 Å². The number of hydrogen-bond acceptors (Lipinski definition) is 5. The van der Waals surface area contributed by atoms with Crippen molar-refractivity contribution >= 4 is 17.7 Å². The van der Waals surface area contributed by atoms with Crippen LogP contribution >= 0.6 is 11.8 Å². The number of amides is 1. The first-order valence-electron chi connectivity index (χ1n) is 8.81. The molecule has 1 saturated heterocycles.